The van der Waals surface area contributed by atoms with Crippen LogP contribution >= 0.6 is 23.2 Å². The maximum atomic E-state index is 12.3. The number of benzene rings is 1. The van der Waals surface area contributed by atoms with Gasteiger partial charge in [0.15, 0.2) is 0 Å². The summed E-state index contributed by atoms with van der Waals surface area (Å²) >= 11 is 11.8. The Labute approximate surface area is 150 Å². The highest BCUT2D eigenvalue weighted by atomic mass is 35.5. The molecule has 2 rings (SSSR count). The van der Waals surface area contributed by atoms with Gasteiger partial charge >= 0.3 is 0 Å². The number of nitrogens with zero attached hydrogens (tertiary/aromatic N) is 3. The first kappa shape index (κ1) is 18.6. The van der Waals surface area contributed by atoms with Crippen LogP contribution in [-0.2, 0) is 4.79 Å². The van der Waals surface area contributed by atoms with Gasteiger partial charge in [0.2, 0.25) is 0 Å². The fourth-order valence-corrected chi connectivity index (χ4v) is 2.81. The zero-order chi connectivity index (χ0) is 17.5. The largest absolute Gasteiger partial charge is 0.395 e. The Bertz CT molecular complexity index is 665. The zero-order valence-electron chi connectivity index (χ0n) is 13.0. The van der Waals surface area contributed by atoms with Gasteiger partial charge in [-0.2, -0.15) is 5.26 Å². The molecule has 0 atom stereocenters. The standard InChI is InChI=1S/C16H18Cl2N4O2/c17-13-1-2-15(14(18)9-13)20-16(24)12(10-19)11-22-5-3-21(4-6-22)7-8-23/h1-2,9,11,23H,3-8H2,(H,20,24)/b12-11-. The fraction of sp³-hybridized carbons (Fsp3) is 0.375. The van der Waals surface area contributed by atoms with E-state index in [1.807, 2.05) is 11.0 Å². The van der Waals surface area contributed by atoms with Crippen LogP contribution in [0, 0.1) is 11.3 Å². The average Bonchev–Trinajstić information content (AvgIpc) is 2.57. The fourth-order valence-electron chi connectivity index (χ4n) is 2.36. The summed E-state index contributed by atoms with van der Waals surface area (Å²) in [4.78, 5) is 16.3. The molecule has 24 heavy (non-hydrogen) atoms. The maximum absolute atomic E-state index is 12.3. The number of halogens is 2. The molecule has 1 amide bonds. The van der Waals surface area contributed by atoms with Crippen LogP contribution in [0.4, 0.5) is 5.69 Å². The van der Waals surface area contributed by atoms with Crippen molar-refractivity contribution in [2.75, 3.05) is 44.6 Å². The lowest BCUT2D eigenvalue weighted by atomic mass is 10.2. The van der Waals surface area contributed by atoms with Crippen molar-refractivity contribution >= 4 is 34.8 Å². The van der Waals surface area contributed by atoms with Crippen LogP contribution in [0.1, 0.15) is 0 Å². The van der Waals surface area contributed by atoms with Gasteiger partial charge in [-0.15, -0.1) is 0 Å². The smallest absolute Gasteiger partial charge is 0.267 e. The van der Waals surface area contributed by atoms with Crippen molar-refractivity contribution in [3.05, 3.63) is 40.0 Å². The number of hydrogen-bond acceptors (Lipinski definition) is 5. The first-order valence-electron chi connectivity index (χ1n) is 7.49. The molecule has 0 radical (unpaired) electrons. The number of carbonyl (C=O) groups excluding carboxylic acids is 1. The quantitative estimate of drug-likeness (QED) is 0.613. The molecular weight excluding hydrogens is 351 g/mol. The number of β-amino-alcohol motifs (C(OH)–C–C–N with tert-alkyl or cyclic N) is 1. The van der Waals surface area contributed by atoms with Crippen molar-refractivity contribution in [2.45, 2.75) is 0 Å². The lowest BCUT2D eigenvalue weighted by Crippen LogP contribution is -2.45. The van der Waals surface area contributed by atoms with Crippen molar-refractivity contribution in [1.82, 2.24) is 9.80 Å². The summed E-state index contributed by atoms with van der Waals surface area (Å²) in [5.41, 5.74) is 0.414. The van der Waals surface area contributed by atoms with Crippen LogP contribution in [0.15, 0.2) is 30.0 Å². The van der Waals surface area contributed by atoms with Gasteiger partial charge in [0.25, 0.3) is 5.91 Å². The predicted octanol–water partition coefficient (Wildman–Crippen LogP) is 1.95. The van der Waals surface area contributed by atoms with E-state index in [1.165, 1.54) is 6.07 Å². The van der Waals surface area contributed by atoms with E-state index in [2.05, 4.69) is 10.2 Å². The van der Waals surface area contributed by atoms with Crippen molar-refractivity contribution < 1.29 is 9.90 Å². The van der Waals surface area contributed by atoms with Crippen molar-refractivity contribution in [3.8, 4) is 6.07 Å². The minimum absolute atomic E-state index is 0.0108. The van der Waals surface area contributed by atoms with Crippen LogP contribution in [0.5, 0.6) is 0 Å². The summed E-state index contributed by atoms with van der Waals surface area (Å²) in [5.74, 6) is -0.514. The normalized spacial score (nSPS) is 15.9. The second-order valence-corrected chi connectivity index (χ2v) is 6.18. The van der Waals surface area contributed by atoms with E-state index in [-0.39, 0.29) is 12.2 Å². The number of anilines is 1. The average molecular weight is 369 g/mol. The van der Waals surface area contributed by atoms with Crippen LogP contribution in [-0.4, -0.2) is 60.1 Å². The van der Waals surface area contributed by atoms with Gasteiger partial charge in [0.05, 0.1) is 17.3 Å². The van der Waals surface area contributed by atoms with E-state index in [4.69, 9.17) is 28.3 Å². The van der Waals surface area contributed by atoms with Crippen LogP contribution in [0.25, 0.3) is 0 Å². The lowest BCUT2D eigenvalue weighted by molar-refractivity contribution is -0.112. The molecule has 1 aromatic rings. The molecule has 0 unspecified atom stereocenters. The molecule has 8 heteroatoms. The molecular formula is C16H18Cl2N4O2. The van der Waals surface area contributed by atoms with E-state index in [0.29, 0.717) is 35.4 Å². The summed E-state index contributed by atoms with van der Waals surface area (Å²) in [5, 5.41) is 21.6. The van der Waals surface area contributed by atoms with E-state index in [9.17, 15) is 10.1 Å². The molecule has 1 aromatic carbocycles. The monoisotopic (exact) mass is 368 g/mol. The van der Waals surface area contributed by atoms with E-state index in [1.54, 1.807) is 18.3 Å². The summed E-state index contributed by atoms with van der Waals surface area (Å²) < 4.78 is 0. The van der Waals surface area contributed by atoms with Gasteiger partial charge in [-0.1, -0.05) is 23.2 Å². The minimum atomic E-state index is -0.514. The Morgan fingerprint density at radius 2 is 2.04 bits per heavy atom. The molecule has 0 saturated carbocycles. The second kappa shape index (κ2) is 8.90. The Morgan fingerprint density at radius 1 is 1.33 bits per heavy atom. The molecule has 1 aliphatic heterocycles. The number of nitrogens with one attached hydrogen (secondary N) is 1. The molecule has 1 heterocycles. The van der Waals surface area contributed by atoms with E-state index < -0.39 is 5.91 Å². The second-order valence-electron chi connectivity index (χ2n) is 5.33. The van der Waals surface area contributed by atoms with Crippen LogP contribution < -0.4 is 5.32 Å². The minimum Gasteiger partial charge on any atom is -0.395 e. The summed E-state index contributed by atoms with van der Waals surface area (Å²) in [6.45, 7) is 3.71. The van der Waals surface area contributed by atoms with Crippen molar-refractivity contribution in [2.24, 2.45) is 0 Å². The van der Waals surface area contributed by atoms with Gasteiger partial charge < -0.3 is 15.3 Å². The highest BCUT2D eigenvalue weighted by molar-refractivity contribution is 6.36. The molecule has 6 nitrogen and oxygen atoms in total. The molecule has 1 saturated heterocycles. The number of nitriles is 1. The summed E-state index contributed by atoms with van der Waals surface area (Å²) in [6.07, 6.45) is 1.56. The maximum Gasteiger partial charge on any atom is 0.267 e. The number of aliphatic hydroxyl groups excluding tert-OH is 1. The van der Waals surface area contributed by atoms with Crippen molar-refractivity contribution in [1.29, 1.82) is 5.26 Å². The topological polar surface area (TPSA) is 79.6 Å². The number of piperazine rings is 1. The van der Waals surface area contributed by atoms with E-state index >= 15 is 0 Å². The predicted molar refractivity (Wildman–Crippen MR) is 93.9 cm³/mol. The van der Waals surface area contributed by atoms with Gasteiger partial charge in [-0.25, -0.2) is 0 Å². The molecule has 0 spiro atoms. The Balaban J connectivity index is 2.00. The molecule has 0 bridgehead atoms. The number of rotatable bonds is 5. The SMILES string of the molecule is N#C/C(=C/N1CCN(CCO)CC1)C(=O)Nc1ccc(Cl)cc1Cl. The van der Waals surface area contributed by atoms with Gasteiger partial charge in [-0.3, -0.25) is 9.69 Å². The highest BCUT2D eigenvalue weighted by Gasteiger charge is 2.17. The Morgan fingerprint density at radius 3 is 2.62 bits per heavy atom. The number of amides is 1. The third kappa shape index (κ3) is 5.11. The highest BCUT2D eigenvalue weighted by Crippen LogP contribution is 2.25. The van der Waals surface area contributed by atoms with Gasteiger partial charge in [0.1, 0.15) is 11.6 Å². The Kier molecular flexibility index (Phi) is 6.88. The third-order valence-electron chi connectivity index (χ3n) is 3.68. The molecule has 1 aliphatic rings. The Hall–Kier alpha value is -1.78. The zero-order valence-corrected chi connectivity index (χ0v) is 14.5. The van der Waals surface area contributed by atoms with E-state index in [0.717, 1.165) is 13.1 Å². The first-order chi connectivity index (χ1) is 11.5. The first-order valence-corrected chi connectivity index (χ1v) is 8.24. The van der Waals surface area contributed by atoms with Gasteiger partial charge in [0, 0.05) is 43.9 Å². The third-order valence-corrected chi connectivity index (χ3v) is 4.23. The molecule has 0 aliphatic carbocycles. The van der Waals surface area contributed by atoms with Gasteiger partial charge in [-0.05, 0) is 18.2 Å². The summed E-state index contributed by atoms with van der Waals surface area (Å²) in [7, 11) is 0. The molecule has 1 fully saturated rings. The van der Waals surface area contributed by atoms with Crippen LogP contribution in [0.2, 0.25) is 10.0 Å². The molecule has 2 N–H and O–H groups in total. The molecule has 0 aromatic heterocycles. The molecule has 128 valence electrons. The number of carbonyl (C=O) groups is 1. The number of aliphatic hydroxyl groups is 1. The number of hydrogen-bond donors (Lipinski definition) is 2. The lowest BCUT2D eigenvalue weighted by Gasteiger charge is -2.33. The van der Waals surface area contributed by atoms with Crippen molar-refractivity contribution in [3.63, 3.8) is 0 Å². The summed E-state index contributed by atoms with van der Waals surface area (Å²) in [6, 6.07) is 6.64. The van der Waals surface area contributed by atoms with Crippen LogP contribution in [0.3, 0.4) is 0 Å².